The minimum atomic E-state index is -1.66. The van der Waals surface area contributed by atoms with Crippen molar-refractivity contribution in [1.82, 2.24) is 0 Å². The highest BCUT2D eigenvalue weighted by Crippen LogP contribution is 2.62. The van der Waals surface area contributed by atoms with Crippen molar-refractivity contribution in [2.24, 2.45) is 16.7 Å². The predicted molar refractivity (Wildman–Crippen MR) is 63.2 cm³/mol. The Morgan fingerprint density at radius 1 is 1.26 bits per heavy atom. The molecular weight excluding hydrogens is 244 g/mol. The Hall–Kier alpha value is -2.10. The van der Waals surface area contributed by atoms with Crippen molar-refractivity contribution in [3.8, 4) is 18.2 Å². The molecule has 3 rings (SSSR count). The summed E-state index contributed by atoms with van der Waals surface area (Å²) in [7, 11) is 0. The molecule has 0 aromatic carbocycles. The summed E-state index contributed by atoms with van der Waals surface area (Å²) in [4.78, 5) is 0. The third-order valence-corrected chi connectivity index (χ3v) is 4.48. The van der Waals surface area contributed by atoms with Gasteiger partial charge in [-0.15, -0.1) is 0 Å². The third-order valence-electron chi connectivity index (χ3n) is 4.48. The van der Waals surface area contributed by atoms with Crippen LogP contribution in [0.4, 0.5) is 0 Å². The standard InChI is InChI=1S/C13H14N4O2/c1-4-9-13(7-16)10(17)19-11(3,18-9)8(2)12(13,5-14)6-15/h8-9,17H,4H2,1-3H3/t8-,9+,11+,13+/m1/s1. The number of fused-ring (bicyclic) bond motifs is 3. The molecule has 3 fully saturated rings. The van der Waals surface area contributed by atoms with Crippen LogP contribution in [0.3, 0.4) is 0 Å². The molecule has 0 spiro atoms. The van der Waals surface area contributed by atoms with Crippen LogP contribution in [-0.4, -0.2) is 17.8 Å². The molecule has 98 valence electrons. The summed E-state index contributed by atoms with van der Waals surface area (Å²) in [5, 5.41) is 36.7. The monoisotopic (exact) mass is 258 g/mol. The van der Waals surface area contributed by atoms with Gasteiger partial charge >= 0.3 is 0 Å². The molecule has 0 unspecified atom stereocenters. The van der Waals surface area contributed by atoms with Gasteiger partial charge in [0.15, 0.2) is 10.8 Å². The van der Waals surface area contributed by atoms with Gasteiger partial charge in [0.25, 0.3) is 0 Å². The highest BCUT2D eigenvalue weighted by Gasteiger charge is 2.77. The molecule has 3 aliphatic heterocycles. The summed E-state index contributed by atoms with van der Waals surface area (Å²) in [5.41, 5.74) is -3.30. The molecule has 6 nitrogen and oxygen atoms in total. The second-order valence-corrected chi connectivity index (χ2v) is 5.14. The van der Waals surface area contributed by atoms with Crippen molar-refractivity contribution in [3.63, 3.8) is 0 Å². The van der Waals surface area contributed by atoms with Crippen molar-refractivity contribution in [3.05, 3.63) is 0 Å². The first-order valence-corrected chi connectivity index (χ1v) is 6.08. The highest BCUT2D eigenvalue weighted by atomic mass is 16.7. The van der Waals surface area contributed by atoms with E-state index in [9.17, 15) is 15.8 Å². The molecule has 3 aliphatic rings. The molecule has 1 N–H and O–H groups in total. The van der Waals surface area contributed by atoms with Gasteiger partial charge < -0.3 is 9.47 Å². The van der Waals surface area contributed by atoms with E-state index < -0.39 is 28.6 Å². The lowest BCUT2D eigenvalue weighted by atomic mass is 9.51. The van der Waals surface area contributed by atoms with Crippen molar-refractivity contribution < 1.29 is 9.47 Å². The van der Waals surface area contributed by atoms with E-state index in [4.69, 9.17) is 14.9 Å². The molecule has 3 saturated heterocycles. The number of nitriles is 3. The van der Waals surface area contributed by atoms with E-state index in [1.54, 1.807) is 20.8 Å². The van der Waals surface area contributed by atoms with Gasteiger partial charge in [-0.25, -0.2) is 0 Å². The van der Waals surface area contributed by atoms with E-state index in [-0.39, 0.29) is 5.90 Å². The lowest BCUT2D eigenvalue weighted by molar-refractivity contribution is -0.335. The van der Waals surface area contributed by atoms with Crippen LogP contribution >= 0.6 is 0 Å². The minimum absolute atomic E-state index is 0.336. The van der Waals surface area contributed by atoms with Crippen LogP contribution in [0.2, 0.25) is 0 Å². The quantitative estimate of drug-likeness (QED) is 0.768. The molecule has 3 heterocycles. The molecule has 0 aromatic heterocycles. The zero-order chi connectivity index (χ0) is 14.5. The van der Waals surface area contributed by atoms with Gasteiger partial charge in [-0.2, -0.15) is 15.8 Å². The maximum absolute atomic E-state index is 9.58. The Morgan fingerprint density at radius 2 is 1.84 bits per heavy atom. The van der Waals surface area contributed by atoms with E-state index >= 15 is 0 Å². The molecule has 0 amide bonds. The average molecular weight is 258 g/mol. The van der Waals surface area contributed by atoms with E-state index in [0.717, 1.165) is 0 Å². The molecule has 6 heteroatoms. The molecule has 0 aliphatic carbocycles. The second kappa shape index (κ2) is 3.70. The summed E-state index contributed by atoms with van der Waals surface area (Å²) in [6.07, 6.45) is -0.272. The summed E-state index contributed by atoms with van der Waals surface area (Å²) < 4.78 is 11.2. The highest BCUT2D eigenvalue weighted by molar-refractivity contribution is 5.88. The zero-order valence-corrected chi connectivity index (χ0v) is 11.0. The maximum atomic E-state index is 9.58. The van der Waals surface area contributed by atoms with Gasteiger partial charge in [0.2, 0.25) is 11.7 Å². The number of hydrogen-bond donors (Lipinski definition) is 1. The topological polar surface area (TPSA) is 114 Å². The van der Waals surface area contributed by atoms with E-state index in [0.29, 0.717) is 6.42 Å². The predicted octanol–water partition coefficient (Wildman–Crippen LogP) is 1.70. The zero-order valence-electron chi connectivity index (χ0n) is 11.0. The van der Waals surface area contributed by atoms with Gasteiger partial charge in [0.05, 0.1) is 30.2 Å². The smallest absolute Gasteiger partial charge is 0.214 e. The fraction of sp³-hybridized carbons (Fsp3) is 0.692. The first-order chi connectivity index (χ1) is 8.88. The number of nitrogens with zero attached hydrogens (tertiary/aromatic N) is 3. The molecule has 0 aromatic rings. The van der Waals surface area contributed by atoms with Crippen molar-refractivity contribution in [2.75, 3.05) is 0 Å². The normalized spacial score (nSPS) is 42.6. The number of nitrogens with one attached hydrogen (secondary N) is 1. The van der Waals surface area contributed by atoms with E-state index in [1.165, 1.54) is 0 Å². The van der Waals surface area contributed by atoms with E-state index in [2.05, 4.69) is 0 Å². The Balaban J connectivity index is 2.81. The largest absolute Gasteiger partial charge is 0.448 e. The van der Waals surface area contributed by atoms with Crippen molar-refractivity contribution >= 4 is 5.90 Å². The van der Waals surface area contributed by atoms with E-state index in [1.807, 2.05) is 18.2 Å². The SMILES string of the molecule is CC[C@@H]1O[C@@]2(C)OC(=N)[C@@]1(C#N)C(C#N)(C#N)[C@@H]2C. The van der Waals surface area contributed by atoms with Gasteiger partial charge in [0, 0.05) is 6.92 Å². The summed E-state index contributed by atoms with van der Waals surface area (Å²) in [6.45, 7) is 5.06. The van der Waals surface area contributed by atoms with Crippen LogP contribution in [0.1, 0.15) is 27.2 Å². The number of ether oxygens (including phenoxy) is 2. The van der Waals surface area contributed by atoms with Gasteiger partial charge in [0.1, 0.15) is 0 Å². The van der Waals surface area contributed by atoms with Crippen LogP contribution < -0.4 is 0 Å². The summed E-state index contributed by atoms with van der Waals surface area (Å²) >= 11 is 0. The van der Waals surface area contributed by atoms with Crippen LogP contribution in [0.15, 0.2) is 0 Å². The Bertz CT molecular complexity index is 553. The van der Waals surface area contributed by atoms with Crippen molar-refractivity contribution in [2.45, 2.75) is 39.1 Å². The van der Waals surface area contributed by atoms with Crippen LogP contribution in [-0.2, 0) is 9.47 Å². The summed E-state index contributed by atoms with van der Waals surface area (Å²) in [6, 6.07) is 5.93. The molecular formula is C13H14N4O2. The number of rotatable bonds is 1. The molecule has 4 atom stereocenters. The molecule has 19 heavy (non-hydrogen) atoms. The fourth-order valence-corrected chi connectivity index (χ4v) is 3.18. The molecule has 0 saturated carbocycles. The average Bonchev–Trinajstić information content (AvgIpc) is 2.40. The lowest BCUT2D eigenvalue weighted by Gasteiger charge is -2.60. The fourth-order valence-electron chi connectivity index (χ4n) is 3.18. The van der Waals surface area contributed by atoms with Gasteiger partial charge in [-0.05, 0) is 6.42 Å². The van der Waals surface area contributed by atoms with Gasteiger partial charge in [-0.3, -0.25) is 5.41 Å². The van der Waals surface area contributed by atoms with Crippen LogP contribution in [0.5, 0.6) is 0 Å². The van der Waals surface area contributed by atoms with Crippen molar-refractivity contribution in [1.29, 1.82) is 21.2 Å². The Morgan fingerprint density at radius 3 is 2.26 bits per heavy atom. The maximum Gasteiger partial charge on any atom is 0.214 e. The Labute approximate surface area is 111 Å². The molecule has 2 bridgehead atoms. The Kier molecular flexibility index (Phi) is 2.59. The number of hydrogen-bond acceptors (Lipinski definition) is 6. The van der Waals surface area contributed by atoms with Crippen LogP contribution in [0.25, 0.3) is 0 Å². The first-order valence-electron chi connectivity index (χ1n) is 6.08. The first kappa shape index (κ1) is 13.3. The lowest BCUT2D eigenvalue weighted by Crippen LogP contribution is -2.73. The minimum Gasteiger partial charge on any atom is -0.448 e. The van der Waals surface area contributed by atoms with Gasteiger partial charge in [-0.1, -0.05) is 13.8 Å². The second-order valence-electron chi connectivity index (χ2n) is 5.14. The summed E-state index contributed by atoms with van der Waals surface area (Å²) in [5.74, 6) is -2.19. The molecule has 0 radical (unpaired) electrons. The third kappa shape index (κ3) is 1.14. The van der Waals surface area contributed by atoms with Crippen LogP contribution in [0, 0.1) is 56.2 Å².